The molecule has 1 heterocycles. The first-order valence-electron chi connectivity index (χ1n) is 6.09. The van der Waals surface area contributed by atoms with Gasteiger partial charge in [-0.25, -0.2) is 0 Å². The van der Waals surface area contributed by atoms with E-state index in [9.17, 15) is 27.6 Å². The second-order valence-corrected chi connectivity index (χ2v) is 4.56. The van der Waals surface area contributed by atoms with Gasteiger partial charge in [-0.1, -0.05) is 6.07 Å². The number of hydrogen-bond acceptors (Lipinski definition) is 3. The molecule has 8 heteroatoms. The molecule has 1 atom stereocenters. The van der Waals surface area contributed by atoms with Gasteiger partial charge in [-0.05, 0) is 24.6 Å². The number of nitrogens with one attached hydrogen (secondary N) is 2. The lowest BCUT2D eigenvalue weighted by atomic mass is 10.0. The highest BCUT2D eigenvalue weighted by molar-refractivity contribution is 6.03. The maximum absolute atomic E-state index is 12.6. The third-order valence-corrected chi connectivity index (χ3v) is 3.00. The van der Waals surface area contributed by atoms with E-state index in [0.29, 0.717) is 6.07 Å². The summed E-state index contributed by atoms with van der Waals surface area (Å²) in [6.45, 7) is 0. The molecule has 5 nitrogen and oxygen atoms in total. The normalized spacial score (nSPS) is 19.1. The molecule has 21 heavy (non-hydrogen) atoms. The van der Waals surface area contributed by atoms with E-state index < -0.39 is 35.5 Å². The van der Waals surface area contributed by atoms with Crippen molar-refractivity contribution in [1.82, 2.24) is 10.6 Å². The highest BCUT2D eigenvalue weighted by Crippen LogP contribution is 2.29. The van der Waals surface area contributed by atoms with Crippen molar-refractivity contribution < 1.29 is 27.6 Å². The van der Waals surface area contributed by atoms with E-state index in [-0.39, 0.29) is 18.4 Å². The van der Waals surface area contributed by atoms with Crippen molar-refractivity contribution in [2.24, 2.45) is 0 Å². The third-order valence-electron chi connectivity index (χ3n) is 3.00. The highest BCUT2D eigenvalue weighted by Gasteiger charge is 2.32. The van der Waals surface area contributed by atoms with Crippen LogP contribution in [-0.2, 0) is 15.8 Å². The fourth-order valence-corrected chi connectivity index (χ4v) is 1.91. The number of carbonyl (C=O) groups is 3. The van der Waals surface area contributed by atoms with Gasteiger partial charge in [0.05, 0.1) is 5.56 Å². The summed E-state index contributed by atoms with van der Waals surface area (Å²) < 4.78 is 37.7. The Morgan fingerprint density at radius 1 is 1.29 bits per heavy atom. The van der Waals surface area contributed by atoms with E-state index in [4.69, 9.17) is 0 Å². The average molecular weight is 300 g/mol. The second-order valence-electron chi connectivity index (χ2n) is 4.56. The first-order chi connectivity index (χ1) is 9.77. The molecule has 0 bridgehead atoms. The van der Waals surface area contributed by atoms with Gasteiger partial charge in [0, 0.05) is 12.0 Å². The number of hydrogen-bond donors (Lipinski definition) is 2. The first-order valence-corrected chi connectivity index (χ1v) is 6.09. The minimum atomic E-state index is -4.55. The van der Waals surface area contributed by atoms with Crippen LogP contribution in [-0.4, -0.2) is 23.8 Å². The predicted octanol–water partition coefficient (Wildman–Crippen LogP) is 1.24. The molecule has 1 aliphatic rings. The van der Waals surface area contributed by atoms with Crippen LogP contribution in [0, 0.1) is 0 Å². The maximum atomic E-state index is 12.6. The zero-order valence-electron chi connectivity index (χ0n) is 10.7. The van der Waals surface area contributed by atoms with Crippen LogP contribution >= 0.6 is 0 Å². The van der Waals surface area contributed by atoms with Crippen LogP contribution < -0.4 is 10.6 Å². The third kappa shape index (κ3) is 3.59. The molecule has 2 N–H and O–H groups in total. The lowest BCUT2D eigenvalue weighted by Crippen LogP contribution is -2.52. The van der Waals surface area contributed by atoms with Crippen LogP contribution in [0.3, 0.4) is 0 Å². The Labute approximate surface area is 117 Å². The van der Waals surface area contributed by atoms with E-state index in [1.807, 2.05) is 5.32 Å². The summed E-state index contributed by atoms with van der Waals surface area (Å²) >= 11 is 0. The molecular formula is C13H11F3N2O3. The molecule has 1 fully saturated rings. The Morgan fingerprint density at radius 2 is 2.00 bits per heavy atom. The molecular weight excluding hydrogens is 289 g/mol. The molecule has 112 valence electrons. The summed E-state index contributed by atoms with van der Waals surface area (Å²) in [6, 6.07) is 2.97. The van der Waals surface area contributed by atoms with E-state index in [1.54, 1.807) is 0 Å². The number of alkyl halides is 3. The minimum Gasteiger partial charge on any atom is -0.340 e. The molecule has 1 saturated heterocycles. The van der Waals surface area contributed by atoms with Crippen molar-refractivity contribution in [2.75, 3.05) is 0 Å². The van der Waals surface area contributed by atoms with Crippen LogP contribution in [0.5, 0.6) is 0 Å². The van der Waals surface area contributed by atoms with Crippen molar-refractivity contribution in [3.05, 3.63) is 35.4 Å². The summed E-state index contributed by atoms with van der Waals surface area (Å²) in [7, 11) is 0. The standard InChI is InChI=1S/C13H11F3N2O3/c14-13(15,16)8-3-1-2-7(6-8)11(20)17-9-4-5-10(19)18-12(9)21/h1-3,6,9H,4-5H2,(H,17,20)(H,18,19,21). The van der Waals surface area contributed by atoms with Crippen molar-refractivity contribution in [1.29, 1.82) is 0 Å². The second kappa shape index (κ2) is 5.55. The molecule has 1 aliphatic heterocycles. The van der Waals surface area contributed by atoms with Gasteiger partial charge < -0.3 is 5.32 Å². The molecule has 1 unspecified atom stereocenters. The largest absolute Gasteiger partial charge is 0.416 e. The van der Waals surface area contributed by atoms with Crippen molar-refractivity contribution >= 4 is 17.7 Å². The number of amides is 3. The van der Waals surface area contributed by atoms with Gasteiger partial charge >= 0.3 is 6.18 Å². The Kier molecular flexibility index (Phi) is 3.97. The molecule has 1 aromatic rings. The maximum Gasteiger partial charge on any atom is 0.416 e. The van der Waals surface area contributed by atoms with Gasteiger partial charge in [-0.15, -0.1) is 0 Å². The zero-order chi connectivity index (χ0) is 15.6. The number of imide groups is 1. The summed E-state index contributed by atoms with van der Waals surface area (Å²) in [4.78, 5) is 34.3. The number of halogens is 3. The Balaban J connectivity index is 2.10. The van der Waals surface area contributed by atoms with Crippen LogP contribution in [0.25, 0.3) is 0 Å². The minimum absolute atomic E-state index is 0.0687. The first kappa shape index (κ1) is 15.0. The van der Waals surface area contributed by atoms with Gasteiger partial charge in [0.15, 0.2) is 0 Å². The Morgan fingerprint density at radius 3 is 2.62 bits per heavy atom. The summed E-state index contributed by atoms with van der Waals surface area (Å²) in [6.07, 6.45) is -4.36. The quantitative estimate of drug-likeness (QED) is 0.807. The van der Waals surface area contributed by atoms with E-state index in [2.05, 4.69) is 5.32 Å². The molecule has 3 amide bonds. The SMILES string of the molecule is O=C1CCC(NC(=O)c2cccc(C(F)(F)F)c2)C(=O)N1. The van der Waals surface area contributed by atoms with Gasteiger partial charge in [-0.3, -0.25) is 19.7 Å². The summed E-state index contributed by atoms with van der Waals surface area (Å²) in [5.74, 6) is -1.90. The van der Waals surface area contributed by atoms with Crippen molar-refractivity contribution in [3.8, 4) is 0 Å². The predicted molar refractivity (Wildman–Crippen MR) is 65.1 cm³/mol. The van der Waals surface area contributed by atoms with E-state index in [1.165, 1.54) is 6.07 Å². The van der Waals surface area contributed by atoms with Crippen molar-refractivity contribution in [2.45, 2.75) is 25.1 Å². The molecule has 0 spiro atoms. The molecule has 1 aromatic carbocycles. The molecule has 0 aliphatic carbocycles. The lowest BCUT2D eigenvalue weighted by molar-refractivity contribution is -0.138. The topological polar surface area (TPSA) is 75.3 Å². The van der Waals surface area contributed by atoms with Crippen LogP contribution in [0.4, 0.5) is 13.2 Å². The fraction of sp³-hybridized carbons (Fsp3) is 0.308. The monoisotopic (exact) mass is 300 g/mol. The molecule has 0 aromatic heterocycles. The summed E-state index contributed by atoms with van der Waals surface area (Å²) in [5, 5.41) is 4.36. The Hall–Kier alpha value is -2.38. The molecule has 0 saturated carbocycles. The van der Waals surface area contributed by atoms with Gasteiger partial charge in [0.25, 0.3) is 5.91 Å². The van der Waals surface area contributed by atoms with Crippen molar-refractivity contribution in [3.63, 3.8) is 0 Å². The molecule has 0 radical (unpaired) electrons. The van der Waals surface area contributed by atoms with Gasteiger partial charge in [-0.2, -0.15) is 13.2 Å². The summed E-state index contributed by atoms with van der Waals surface area (Å²) in [5.41, 5.74) is -1.15. The number of rotatable bonds is 2. The van der Waals surface area contributed by atoms with Crippen LogP contribution in [0.15, 0.2) is 24.3 Å². The smallest absolute Gasteiger partial charge is 0.340 e. The van der Waals surface area contributed by atoms with E-state index >= 15 is 0 Å². The average Bonchev–Trinajstić information content (AvgIpc) is 2.41. The molecule has 2 rings (SSSR count). The lowest BCUT2D eigenvalue weighted by Gasteiger charge is -2.21. The number of carbonyl (C=O) groups excluding carboxylic acids is 3. The van der Waals surface area contributed by atoms with Gasteiger partial charge in [0.1, 0.15) is 6.04 Å². The van der Waals surface area contributed by atoms with Crippen LogP contribution in [0.1, 0.15) is 28.8 Å². The highest BCUT2D eigenvalue weighted by atomic mass is 19.4. The zero-order valence-corrected chi connectivity index (χ0v) is 10.7. The van der Waals surface area contributed by atoms with Gasteiger partial charge in [0.2, 0.25) is 11.8 Å². The van der Waals surface area contributed by atoms with E-state index in [0.717, 1.165) is 12.1 Å². The number of benzene rings is 1. The van der Waals surface area contributed by atoms with Crippen LogP contribution in [0.2, 0.25) is 0 Å². The fourth-order valence-electron chi connectivity index (χ4n) is 1.91. The Bertz CT molecular complexity index is 599. The number of piperidine rings is 1.